The Labute approximate surface area is 185 Å². The lowest BCUT2D eigenvalue weighted by atomic mass is 10.2. The Balaban J connectivity index is 1.88. The number of amides is 1. The molecule has 2 aromatic rings. The van der Waals surface area contributed by atoms with Gasteiger partial charge in [0.25, 0.3) is 0 Å². The van der Waals surface area contributed by atoms with Crippen LogP contribution >= 0.6 is 0 Å². The molecule has 1 N–H and O–H groups in total. The van der Waals surface area contributed by atoms with Crippen molar-refractivity contribution in [3.63, 3.8) is 0 Å². The summed E-state index contributed by atoms with van der Waals surface area (Å²) in [6.45, 7) is 6.65. The first-order valence-corrected chi connectivity index (χ1v) is 12.2. The van der Waals surface area contributed by atoms with Gasteiger partial charge in [-0.2, -0.15) is 0 Å². The molecule has 0 saturated carbocycles. The summed E-state index contributed by atoms with van der Waals surface area (Å²) in [6.07, 6.45) is 1.74. The topological polar surface area (TPSA) is 84.9 Å². The van der Waals surface area contributed by atoms with Crippen molar-refractivity contribution in [2.75, 3.05) is 30.3 Å². The number of sulfonamides is 1. The van der Waals surface area contributed by atoms with E-state index in [1.165, 1.54) is 4.31 Å². The number of anilines is 1. The third-order valence-corrected chi connectivity index (χ3v) is 5.77. The summed E-state index contributed by atoms with van der Waals surface area (Å²) in [5, 5.41) is 2.90. The zero-order valence-corrected chi connectivity index (χ0v) is 19.4. The molecule has 2 rings (SSSR count). The van der Waals surface area contributed by atoms with Gasteiger partial charge in [0, 0.05) is 13.0 Å². The molecule has 1 atom stereocenters. The SMILES string of the molecule is CCOc1ccccc1N(CCCC(=O)N[C@@H](C)COc1ccccc1C)S(C)(=O)=O. The number of hydrogen-bond acceptors (Lipinski definition) is 5. The van der Waals surface area contributed by atoms with Crippen LogP contribution in [0.15, 0.2) is 48.5 Å². The summed E-state index contributed by atoms with van der Waals surface area (Å²) in [5.41, 5.74) is 1.52. The smallest absolute Gasteiger partial charge is 0.232 e. The van der Waals surface area contributed by atoms with Gasteiger partial charge in [0.05, 0.1) is 24.6 Å². The minimum atomic E-state index is -3.52. The monoisotopic (exact) mass is 448 g/mol. The molecule has 31 heavy (non-hydrogen) atoms. The largest absolute Gasteiger partial charge is 0.492 e. The Bertz CT molecular complexity index is 962. The van der Waals surface area contributed by atoms with E-state index in [1.54, 1.807) is 24.3 Å². The molecule has 1 amide bonds. The molecule has 8 heteroatoms. The standard InChI is InChI=1S/C23H32N2O5S/c1-5-29-22-14-9-7-12-20(22)25(31(4,27)28)16-10-15-23(26)24-19(3)17-30-21-13-8-6-11-18(21)2/h6-9,11-14,19H,5,10,15-17H2,1-4H3,(H,24,26)/t19-/m0/s1. The zero-order chi connectivity index (χ0) is 22.9. The number of para-hydroxylation sites is 3. The Morgan fingerprint density at radius 1 is 1.06 bits per heavy atom. The highest BCUT2D eigenvalue weighted by atomic mass is 32.2. The third-order valence-electron chi connectivity index (χ3n) is 4.59. The first kappa shape index (κ1) is 24.5. The predicted octanol–water partition coefficient (Wildman–Crippen LogP) is 3.52. The molecular formula is C23H32N2O5S. The van der Waals surface area contributed by atoms with E-state index in [0.717, 1.165) is 17.6 Å². The second-order valence-corrected chi connectivity index (χ2v) is 9.29. The van der Waals surface area contributed by atoms with Gasteiger partial charge in [-0.05, 0) is 51.0 Å². The molecule has 0 unspecified atom stereocenters. The highest BCUT2D eigenvalue weighted by Gasteiger charge is 2.21. The summed E-state index contributed by atoms with van der Waals surface area (Å²) >= 11 is 0. The summed E-state index contributed by atoms with van der Waals surface area (Å²) < 4.78 is 37.3. The summed E-state index contributed by atoms with van der Waals surface area (Å²) in [7, 11) is -3.52. The normalized spacial score (nSPS) is 12.1. The van der Waals surface area contributed by atoms with Crippen LogP contribution in [0.25, 0.3) is 0 Å². The van der Waals surface area contributed by atoms with Crippen molar-refractivity contribution in [2.24, 2.45) is 0 Å². The molecular weight excluding hydrogens is 416 g/mol. The molecule has 0 aliphatic carbocycles. The van der Waals surface area contributed by atoms with Crippen LogP contribution in [-0.2, 0) is 14.8 Å². The Kier molecular flexibility index (Phi) is 9.18. The maximum absolute atomic E-state index is 12.3. The second kappa shape index (κ2) is 11.6. The first-order valence-electron chi connectivity index (χ1n) is 10.4. The number of nitrogens with zero attached hydrogens (tertiary/aromatic N) is 1. The number of ether oxygens (including phenoxy) is 2. The fraction of sp³-hybridized carbons (Fsp3) is 0.435. The highest BCUT2D eigenvalue weighted by Crippen LogP contribution is 2.30. The molecule has 0 radical (unpaired) electrons. The lowest BCUT2D eigenvalue weighted by molar-refractivity contribution is -0.121. The van der Waals surface area contributed by atoms with Gasteiger partial charge in [-0.3, -0.25) is 9.10 Å². The quantitative estimate of drug-likeness (QED) is 0.537. The predicted molar refractivity (Wildman–Crippen MR) is 123 cm³/mol. The molecule has 2 aromatic carbocycles. The average Bonchev–Trinajstić information content (AvgIpc) is 2.71. The maximum atomic E-state index is 12.3. The van der Waals surface area contributed by atoms with Crippen molar-refractivity contribution < 1.29 is 22.7 Å². The van der Waals surface area contributed by atoms with Crippen LogP contribution in [0.5, 0.6) is 11.5 Å². The van der Waals surface area contributed by atoms with E-state index in [9.17, 15) is 13.2 Å². The lowest BCUT2D eigenvalue weighted by Crippen LogP contribution is -2.37. The minimum Gasteiger partial charge on any atom is -0.492 e. The number of nitrogens with one attached hydrogen (secondary N) is 1. The number of benzene rings is 2. The fourth-order valence-corrected chi connectivity index (χ4v) is 4.08. The van der Waals surface area contributed by atoms with Crippen molar-refractivity contribution in [2.45, 2.75) is 39.7 Å². The maximum Gasteiger partial charge on any atom is 0.232 e. The van der Waals surface area contributed by atoms with Gasteiger partial charge in [-0.25, -0.2) is 8.42 Å². The van der Waals surface area contributed by atoms with E-state index in [0.29, 0.717) is 31.1 Å². The Hall–Kier alpha value is -2.74. The first-order chi connectivity index (χ1) is 14.7. The van der Waals surface area contributed by atoms with Gasteiger partial charge >= 0.3 is 0 Å². The van der Waals surface area contributed by atoms with Crippen LogP contribution in [0.2, 0.25) is 0 Å². The van der Waals surface area contributed by atoms with Gasteiger partial charge < -0.3 is 14.8 Å². The van der Waals surface area contributed by atoms with Crippen molar-refractivity contribution >= 4 is 21.6 Å². The second-order valence-electron chi connectivity index (χ2n) is 7.38. The van der Waals surface area contributed by atoms with Gasteiger partial charge in [-0.15, -0.1) is 0 Å². The molecule has 0 fully saturated rings. The van der Waals surface area contributed by atoms with Gasteiger partial charge in [0.2, 0.25) is 15.9 Å². The van der Waals surface area contributed by atoms with E-state index < -0.39 is 10.0 Å². The van der Waals surface area contributed by atoms with Crippen molar-refractivity contribution in [1.29, 1.82) is 0 Å². The number of hydrogen-bond donors (Lipinski definition) is 1. The Morgan fingerprint density at radius 2 is 1.71 bits per heavy atom. The molecule has 0 saturated heterocycles. The van der Waals surface area contributed by atoms with Crippen LogP contribution in [0.1, 0.15) is 32.3 Å². The lowest BCUT2D eigenvalue weighted by Gasteiger charge is -2.24. The van der Waals surface area contributed by atoms with E-state index in [1.807, 2.05) is 45.0 Å². The summed E-state index contributed by atoms with van der Waals surface area (Å²) in [4.78, 5) is 12.3. The van der Waals surface area contributed by atoms with Crippen molar-refractivity contribution in [3.05, 3.63) is 54.1 Å². The zero-order valence-electron chi connectivity index (χ0n) is 18.6. The number of carbonyl (C=O) groups is 1. The number of aryl methyl sites for hydroxylation is 1. The molecule has 0 aliphatic heterocycles. The van der Waals surface area contributed by atoms with E-state index in [2.05, 4.69) is 5.32 Å². The van der Waals surface area contributed by atoms with E-state index in [4.69, 9.17) is 9.47 Å². The summed E-state index contributed by atoms with van der Waals surface area (Å²) in [5.74, 6) is 1.15. The molecule has 7 nitrogen and oxygen atoms in total. The van der Waals surface area contributed by atoms with Crippen LogP contribution in [-0.4, -0.2) is 46.4 Å². The van der Waals surface area contributed by atoms with Crippen molar-refractivity contribution in [3.8, 4) is 11.5 Å². The van der Waals surface area contributed by atoms with Gasteiger partial charge in [0.15, 0.2) is 0 Å². The molecule has 0 aromatic heterocycles. The van der Waals surface area contributed by atoms with Crippen LogP contribution < -0.4 is 19.1 Å². The molecule has 0 aliphatic rings. The van der Waals surface area contributed by atoms with Gasteiger partial charge in [0.1, 0.15) is 18.1 Å². The summed E-state index contributed by atoms with van der Waals surface area (Å²) in [6, 6.07) is 14.5. The third kappa shape index (κ3) is 7.79. The molecule has 170 valence electrons. The number of rotatable bonds is 12. The van der Waals surface area contributed by atoms with Gasteiger partial charge in [-0.1, -0.05) is 30.3 Å². The molecule has 0 heterocycles. The minimum absolute atomic E-state index is 0.146. The molecule has 0 spiro atoms. The van der Waals surface area contributed by atoms with E-state index in [-0.39, 0.29) is 24.9 Å². The van der Waals surface area contributed by atoms with E-state index >= 15 is 0 Å². The highest BCUT2D eigenvalue weighted by molar-refractivity contribution is 7.92. The van der Waals surface area contributed by atoms with Crippen LogP contribution in [0.4, 0.5) is 5.69 Å². The van der Waals surface area contributed by atoms with Crippen molar-refractivity contribution in [1.82, 2.24) is 5.32 Å². The fourth-order valence-electron chi connectivity index (χ4n) is 3.11. The molecule has 0 bridgehead atoms. The number of carbonyl (C=O) groups excluding carboxylic acids is 1. The average molecular weight is 449 g/mol. The van der Waals surface area contributed by atoms with Crippen LogP contribution in [0, 0.1) is 6.92 Å². The van der Waals surface area contributed by atoms with Crippen LogP contribution in [0.3, 0.4) is 0 Å². The Morgan fingerprint density at radius 3 is 2.35 bits per heavy atom.